The van der Waals surface area contributed by atoms with Crippen LogP contribution in [0.2, 0.25) is 0 Å². The first kappa shape index (κ1) is 41.7. The number of benzene rings is 1. The van der Waals surface area contributed by atoms with Gasteiger partial charge in [0.2, 0.25) is 0 Å². The fourth-order valence-electron chi connectivity index (χ4n) is 6.24. The molecule has 8 nitrogen and oxygen atoms in total. The molecule has 1 N–H and O–H groups in total. The van der Waals surface area contributed by atoms with Crippen molar-refractivity contribution >= 4 is 17.9 Å². The van der Waals surface area contributed by atoms with E-state index in [2.05, 4.69) is 13.8 Å². The van der Waals surface area contributed by atoms with Crippen LogP contribution >= 0.6 is 0 Å². The van der Waals surface area contributed by atoms with Crippen molar-refractivity contribution in [1.82, 2.24) is 0 Å². The Kier molecular flexibility index (Phi) is 23.8. The fourth-order valence-corrected chi connectivity index (χ4v) is 6.24. The predicted octanol–water partition coefficient (Wildman–Crippen LogP) is 10.7. The van der Waals surface area contributed by atoms with E-state index in [4.69, 9.17) is 18.9 Å². The van der Waals surface area contributed by atoms with E-state index in [1.165, 1.54) is 122 Å². The molecule has 8 heteroatoms. The van der Waals surface area contributed by atoms with Gasteiger partial charge >= 0.3 is 17.9 Å². The number of carboxylic acids is 1. The zero-order valence-electron chi connectivity index (χ0n) is 30.2. The quantitative estimate of drug-likeness (QED) is 0.0634. The van der Waals surface area contributed by atoms with Crippen molar-refractivity contribution < 1.29 is 38.4 Å². The van der Waals surface area contributed by atoms with E-state index in [9.17, 15) is 19.5 Å². The maximum atomic E-state index is 13.1. The number of carbonyl (C=O) groups is 3. The van der Waals surface area contributed by atoms with Gasteiger partial charge < -0.3 is 24.1 Å². The topological polar surface area (TPSA) is 108 Å². The molecule has 0 aliphatic carbocycles. The summed E-state index contributed by atoms with van der Waals surface area (Å²) in [5, 5.41) is 9.66. The molecule has 0 amide bonds. The molecule has 1 heterocycles. The third-order valence-electron chi connectivity index (χ3n) is 9.21. The van der Waals surface area contributed by atoms with Gasteiger partial charge in [-0.1, -0.05) is 173 Å². The third-order valence-corrected chi connectivity index (χ3v) is 9.21. The maximum Gasteiger partial charge on any atom is 0.338 e. The lowest BCUT2D eigenvalue weighted by molar-refractivity contribution is -0.163. The van der Waals surface area contributed by atoms with Gasteiger partial charge in [0.25, 0.3) is 0 Å². The van der Waals surface area contributed by atoms with Crippen LogP contribution in [0.25, 0.3) is 0 Å². The number of rotatable bonds is 30. The monoisotopic (exact) mass is 674 g/mol. The van der Waals surface area contributed by atoms with Crippen LogP contribution in [0.5, 0.6) is 0 Å². The molecule has 2 rings (SSSR count). The van der Waals surface area contributed by atoms with Crippen LogP contribution in [-0.4, -0.2) is 48.4 Å². The van der Waals surface area contributed by atoms with Gasteiger partial charge in [0.1, 0.15) is 0 Å². The highest BCUT2D eigenvalue weighted by Crippen LogP contribution is 2.34. The molecular formula is C40H66O8. The Labute approximate surface area is 291 Å². The number of hydrogen-bond donors (Lipinski definition) is 1. The molecule has 1 aromatic rings. The van der Waals surface area contributed by atoms with E-state index in [0.717, 1.165) is 38.5 Å². The molecule has 0 saturated carbocycles. The molecule has 2 atom stereocenters. The summed E-state index contributed by atoms with van der Waals surface area (Å²) in [5.41, 5.74) is 0.219. The molecule has 0 spiro atoms. The van der Waals surface area contributed by atoms with Crippen LogP contribution in [0.4, 0.5) is 0 Å². The maximum absolute atomic E-state index is 13.1. The first-order valence-corrected chi connectivity index (χ1v) is 19.5. The Morgan fingerprint density at radius 2 is 0.875 bits per heavy atom. The van der Waals surface area contributed by atoms with Gasteiger partial charge in [-0.3, -0.25) is 0 Å². The van der Waals surface area contributed by atoms with E-state index in [-0.39, 0.29) is 24.3 Å². The SMILES string of the molecule is CCCCCCCCCCCCCCOC(=O)C1OC(c2ccccc2C(=O)O)OC1C(=O)OCCCCCCCCCCCCCC. The van der Waals surface area contributed by atoms with Gasteiger partial charge in [-0.2, -0.15) is 0 Å². The normalized spacial score (nSPS) is 17.4. The number of ether oxygens (including phenoxy) is 4. The molecule has 274 valence electrons. The molecule has 0 bridgehead atoms. The van der Waals surface area contributed by atoms with E-state index < -0.39 is 36.4 Å². The number of aromatic carboxylic acids is 1. The Morgan fingerprint density at radius 1 is 0.542 bits per heavy atom. The largest absolute Gasteiger partial charge is 0.478 e. The molecule has 0 aromatic heterocycles. The van der Waals surface area contributed by atoms with Crippen LogP contribution in [0.3, 0.4) is 0 Å². The number of unbranched alkanes of at least 4 members (excludes halogenated alkanes) is 22. The highest BCUT2D eigenvalue weighted by Gasteiger charge is 2.48. The van der Waals surface area contributed by atoms with Crippen molar-refractivity contribution in [3.8, 4) is 0 Å². The molecule has 1 aromatic carbocycles. The molecule has 1 aliphatic rings. The van der Waals surface area contributed by atoms with Crippen molar-refractivity contribution in [2.45, 2.75) is 186 Å². The molecule has 2 unspecified atom stereocenters. The summed E-state index contributed by atoms with van der Waals surface area (Å²) in [4.78, 5) is 38.0. The Balaban J connectivity index is 1.73. The average Bonchev–Trinajstić information content (AvgIpc) is 3.54. The van der Waals surface area contributed by atoms with Crippen molar-refractivity contribution in [3.63, 3.8) is 0 Å². The molecule has 1 saturated heterocycles. The summed E-state index contributed by atoms with van der Waals surface area (Å²) >= 11 is 0. The minimum Gasteiger partial charge on any atom is -0.478 e. The third kappa shape index (κ3) is 17.8. The first-order chi connectivity index (χ1) is 23.5. The Hall–Kier alpha value is -2.45. The Bertz CT molecular complexity index is 945. The average molecular weight is 675 g/mol. The Morgan fingerprint density at radius 3 is 1.23 bits per heavy atom. The second kappa shape index (κ2) is 27.4. The van der Waals surface area contributed by atoms with Crippen LogP contribution < -0.4 is 0 Å². The molecule has 1 fully saturated rings. The summed E-state index contributed by atoms with van der Waals surface area (Å²) in [6.45, 7) is 4.94. The van der Waals surface area contributed by atoms with Crippen LogP contribution in [0.15, 0.2) is 24.3 Å². The van der Waals surface area contributed by atoms with E-state index in [1.807, 2.05) is 0 Å². The predicted molar refractivity (Wildman–Crippen MR) is 190 cm³/mol. The zero-order chi connectivity index (χ0) is 34.7. The van der Waals surface area contributed by atoms with Gasteiger partial charge in [0.05, 0.1) is 18.8 Å². The number of carbonyl (C=O) groups excluding carboxylic acids is 2. The second-order valence-corrected chi connectivity index (χ2v) is 13.5. The minimum absolute atomic E-state index is 0.0170. The van der Waals surface area contributed by atoms with Gasteiger partial charge in [0.15, 0.2) is 18.5 Å². The minimum atomic E-state index is -1.33. The first-order valence-electron chi connectivity index (χ1n) is 19.5. The highest BCUT2D eigenvalue weighted by molar-refractivity contribution is 5.90. The molecule has 1 aliphatic heterocycles. The summed E-state index contributed by atoms with van der Waals surface area (Å²) in [7, 11) is 0. The van der Waals surface area contributed by atoms with Gasteiger partial charge in [-0.15, -0.1) is 0 Å². The van der Waals surface area contributed by atoms with Crippen LogP contribution in [-0.2, 0) is 28.5 Å². The summed E-state index contributed by atoms with van der Waals surface area (Å²) in [6, 6.07) is 6.26. The van der Waals surface area contributed by atoms with Gasteiger partial charge in [0, 0.05) is 5.56 Å². The van der Waals surface area contributed by atoms with E-state index >= 15 is 0 Å². The molecule has 48 heavy (non-hydrogen) atoms. The lowest BCUT2D eigenvalue weighted by atomic mass is 10.1. The van der Waals surface area contributed by atoms with E-state index in [1.54, 1.807) is 18.2 Å². The highest BCUT2D eigenvalue weighted by atomic mass is 16.8. The summed E-state index contributed by atoms with van der Waals surface area (Å²) in [5.74, 6) is -2.54. The summed E-state index contributed by atoms with van der Waals surface area (Å²) < 4.78 is 22.7. The second-order valence-electron chi connectivity index (χ2n) is 13.5. The van der Waals surface area contributed by atoms with Crippen LogP contribution in [0.1, 0.15) is 190 Å². The van der Waals surface area contributed by atoms with Gasteiger partial charge in [-0.25, -0.2) is 14.4 Å². The summed E-state index contributed by atoms with van der Waals surface area (Å²) in [6.07, 6.45) is 25.1. The lowest BCUT2D eigenvalue weighted by Gasteiger charge is -2.15. The van der Waals surface area contributed by atoms with Gasteiger partial charge in [-0.05, 0) is 18.9 Å². The van der Waals surface area contributed by atoms with Crippen molar-refractivity contribution in [1.29, 1.82) is 0 Å². The lowest BCUT2D eigenvalue weighted by Crippen LogP contribution is -2.39. The standard InChI is InChI=1S/C40H66O8/c1-3-5-7-9-11-13-15-17-19-21-23-27-31-45-38(43)35-36(48-40(47-35)34-30-26-25-29-33(34)37(41)42)39(44)46-32-28-24-22-20-18-16-14-12-10-8-6-4-2/h25-26,29-30,35-36,40H,3-24,27-28,31-32H2,1-2H3,(H,41,42). The number of esters is 2. The smallest absolute Gasteiger partial charge is 0.338 e. The van der Waals surface area contributed by atoms with Crippen molar-refractivity contribution in [3.05, 3.63) is 35.4 Å². The number of hydrogen-bond acceptors (Lipinski definition) is 7. The van der Waals surface area contributed by atoms with Crippen LogP contribution in [0, 0.1) is 0 Å². The van der Waals surface area contributed by atoms with Crippen molar-refractivity contribution in [2.75, 3.05) is 13.2 Å². The molecule has 0 radical (unpaired) electrons. The van der Waals surface area contributed by atoms with Crippen molar-refractivity contribution in [2.24, 2.45) is 0 Å². The number of carboxylic acid groups (broad SMARTS) is 1. The zero-order valence-corrected chi connectivity index (χ0v) is 30.2. The van der Waals surface area contributed by atoms with E-state index in [0.29, 0.717) is 0 Å². The fraction of sp³-hybridized carbons (Fsp3) is 0.775. The molecular weight excluding hydrogens is 608 g/mol.